The summed E-state index contributed by atoms with van der Waals surface area (Å²) in [7, 11) is 0. The van der Waals surface area contributed by atoms with Crippen molar-refractivity contribution in [1.82, 2.24) is 5.32 Å². The Kier molecular flexibility index (Phi) is 3.59. The second-order valence-electron chi connectivity index (χ2n) is 4.65. The molecule has 1 aromatic carbocycles. The molecule has 0 amide bonds. The largest absolute Gasteiger partial charge is 0.388 e. The number of hydrogen-bond donors (Lipinski definition) is 3. The van der Waals surface area contributed by atoms with Crippen molar-refractivity contribution < 1.29 is 5.11 Å². The van der Waals surface area contributed by atoms with Gasteiger partial charge in [0.05, 0.1) is 5.60 Å². The number of hydrogen-bond acceptors (Lipinski definition) is 3. The van der Waals surface area contributed by atoms with E-state index in [1.54, 1.807) is 0 Å². The van der Waals surface area contributed by atoms with Crippen LogP contribution < -0.4 is 11.1 Å². The zero-order chi connectivity index (χ0) is 11.4. The van der Waals surface area contributed by atoms with Crippen LogP contribution in [0.4, 0.5) is 0 Å². The van der Waals surface area contributed by atoms with Crippen molar-refractivity contribution in [2.45, 2.75) is 31.4 Å². The van der Waals surface area contributed by atoms with E-state index in [1.807, 2.05) is 18.2 Å². The molecule has 1 atom stereocenters. The van der Waals surface area contributed by atoms with Gasteiger partial charge in [-0.05, 0) is 30.5 Å². The Balaban J connectivity index is 2.12. The first-order chi connectivity index (χ1) is 7.73. The first-order valence-electron chi connectivity index (χ1n) is 5.93. The number of rotatable bonds is 3. The zero-order valence-corrected chi connectivity index (χ0v) is 9.58. The molecule has 1 fully saturated rings. The SMILES string of the molecule is NCc1ccccc1CC1(O)CCCNC1. The molecule has 1 unspecified atom stereocenters. The highest BCUT2D eigenvalue weighted by Crippen LogP contribution is 2.23. The van der Waals surface area contributed by atoms with Gasteiger partial charge in [-0.25, -0.2) is 0 Å². The van der Waals surface area contributed by atoms with Crippen molar-refractivity contribution in [3.8, 4) is 0 Å². The molecule has 16 heavy (non-hydrogen) atoms. The van der Waals surface area contributed by atoms with Gasteiger partial charge < -0.3 is 16.2 Å². The van der Waals surface area contributed by atoms with Crippen molar-refractivity contribution in [2.75, 3.05) is 13.1 Å². The van der Waals surface area contributed by atoms with Crippen LogP contribution in [0.1, 0.15) is 24.0 Å². The molecule has 3 nitrogen and oxygen atoms in total. The van der Waals surface area contributed by atoms with Crippen LogP contribution in [0.5, 0.6) is 0 Å². The average Bonchev–Trinajstić information content (AvgIpc) is 2.30. The summed E-state index contributed by atoms with van der Waals surface area (Å²) in [6.07, 6.45) is 2.62. The van der Waals surface area contributed by atoms with E-state index in [4.69, 9.17) is 5.73 Å². The Morgan fingerprint density at radius 1 is 1.31 bits per heavy atom. The maximum absolute atomic E-state index is 10.4. The lowest BCUT2D eigenvalue weighted by atomic mass is 9.86. The standard InChI is InChI=1S/C13H20N2O/c14-9-12-5-2-1-4-11(12)8-13(16)6-3-7-15-10-13/h1-2,4-5,15-16H,3,6-10,14H2. The minimum absolute atomic E-state index is 0.541. The lowest BCUT2D eigenvalue weighted by Crippen LogP contribution is -2.47. The predicted octanol–water partition coefficient (Wildman–Crippen LogP) is 0.802. The van der Waals surface area contributed by atoms with Crippen LogP contribution in [0.15, 0.2) is 24.3 Å². The van der Waals surface area contributed by atoms with E-state index >= 15 is 0 Å². The Hall–Kier alpha value is -0.900. The van der Waals surface area contributed by atoms with E-state index in [-0.39, 0.29) is 0 Å². The third-order valence-corrected chi connectivity index (χ3v) is 3.31. The first-order valence-corrected chi connectivity index (χ1v) is 5.93. The van der Waals surface area contributed by atoms with Crippen molar-refractivity contribution in [3.63, 3.8) is 0 Å². The van der Waals surface area contributed by atoms with E-state index in [9.17, 15) is 5.11 Å². The molecular weight excluding hydrogens is 200 g/mol. The molecule has 2 rings (SSSR count). The van der Waals surface area contributed by atoms with Crippen molar-refractivity contribution in [2.24, 2.45) is 5.73 Å². The van der Waals surface area contributed by atoms with Gasteiger partial charge in [-0.1, -0.05) is 24.3 Å². The minimum Gasteiger partial charge on any atom is -0.388 e. The third-order valence-electron chi connectivity index (χ3n) is 3.31. The topological polar surface area (TPSA) is 58.3 Å². The van der Waals surface area contributed by atoms with E-state index in [0.717, 1.165) is 24.9 Å². The molecule has 0 radical (unpaired) electrons. The normalized spacial score (nSPS) is 25.6. The van der Waals surface area contributed by atoms with Gasteiger partial charge in [-0.15, -0.1) is 0 Å². The molecule has 0 aromatic heterocycles. The van der Waals surface area contributed by atoms with Crippen LogP contribution in [0, 0.1) is 0 Å². The van der Waals surface area contributed by atoms with Gasteiger partial charge in [0.15, 0.2) is 0 Å². The fraction of sp³-hybridized carbons (Fsp3) is 0.538. The number of β-amino-alcohol motifs (C(OH)–C–C–N with tert-alkyl or cyclic N) is 1. The number of piperidine rings is 1. The number of aliphatic hydroxyl groups is 1. The Labute approximate surface area is 96.7 Å². The summed E-state index contributed by atoms with van der Waals surface area (Å²) in [6.45, 7) is 2.24. The summed E-state index contributed by atoms with van der Waals surface area (Å²) in [6, 6.07) is 8.10. The maximum atomic E-state index is 10.4. The van der Waals surface area contributed by atoms with Crippen LogP contribution in [-0.4, -0.2) is 23.8 Å². The second kappa shape index (κ2) is 4.95. The summed E-state index contributed by atoms with van der Waals surface area (Å²) in [5.41, 5.74) is 7.43. The molecule has 0 saturated carbocycles. The van der Waals surface area contributed by atoms with Crippen LogP contribution in [0.2, 0.25) is 0 Å². The molecule has 0 aliphatic carbocycles. The number of benzene rings is 1. The van der Waals surface area contributed by atoms with Gasteiger partial charge in [0.1, 0.15) is 0 Å². The van der Waals surface area contributed by atoms with E-state index in [1.165, 1.54) is 5.56 Å². The van der Waals surface area contributed by atoms with E-state index in [0.29, 0.717) is 19.5 Å². The summed E-state index contributed by atoms with van der Waals surface area (Å²) in [5.74, 6) is 0. The van der Waals surface area contributed by atoms with Gasteiger partial charge in [0.2, 0.25) is 0 Å². The Morgan fingerprint density at radius 3 is 2.69 bits per heavy atom. The molecule has 4 N–H and O–H groups in total. The smallest absolute Gasteiger partial charge is 0.0812 e. The highest BCUT2D eigenvalue weighted by Gasteiger charge is 2.29. The Morgan fingerprint density at radius 2 is 2.06 bits per heavy atom. The summed E-state index contributed by atoms with van der Waals surface area (Å²) >= 11 is 0. The van der Waals surface area contributed by atoms with Crippen LogP contribution in [-0.2, 0) is 13.0 Å². The third kappa shape index (κ3) is 2.61. The van der Waals surface area contributed by atoms with E-state index < -0.39 is 5.60 Å². The van der Waals surface area contributed by atoms with Crippen molar-refractivity contribution >= 4 is 0 Å². The molecular formula is C13H20N2O. The van der Waals surface area contributed by atoms with Gasteiger partial charge >= 0.3 is 0 Å². The molecule has 1 aliphatic rings. The fourth-order valence-electron chi connectivity index (χ4n) is 2.39. The van der Waals surface area contributed by atoms with Crippen LogP contribution >= 0.6 is 0 Å². The number of nitrogens with two attached hydrogens (primary N) is 1. The Bertz CT molecular complexity index is 346. The van der Waals surface area contributed by atoms with Crippen molar-refractivity contribution in [1.29, 1.82) is 0 Å². The molecule has 1 aliphatic heterocycles. The lowest BCUT2D eigenvalue weighted by molar-refractivity contribution is 0.0168. The first kappa shape index (κ1) is 11.6. The van der Waals surface area contributed by atoms with E-state index in [2.05, 4.69) is 11.4 Å². The summed E-state index contributed by atoms with van der Waals surface area (Å²) < 4.78 is 0. The monoisotopic (exact) mass is 220 g/mol. The molecule has 0 spiro atoms. The van der Waals surface area contributed by atoms with Crippen molar-refractivity contribution in [3.05, 3.63) is 35.4 Å². The summed E-state index contributed by atoms with van der Waals surface area (Å²) in [4.78, 5) is 0. The van der Waals surface area contributed by atoms with Gasteiger partial charge in [-0.2, -0.15) is 0 Å². The quantitative estimate of drug-likeness (QED) is 0.706. The zero-order valence-electron chi connectivity index (χ0n) is 9.58. The predicted molar refractivity (Wildman–Crippen MR) is 65.1 cm³/mol. The van der Waals surface area contributed by atoms with Crippen LogP contribution in [0.25, 0.3) is 0 Å². The van der Waals surface area contributed by atoms with Gasteiger partial charge in [0, 0.05) is 19.5 Å². The lowest BCUT2D eigenvalue weighted by Gasteiger charge is -2.33. The molecule has 88 valence electrons. The summed E-state index contributed by atoms with van der Waals surface area (Å²) in [5, 5.41) is 13.7. The molecule has 1 heterocycles. The highest BCUT2D eigenvalue weighted by atomic mass is 16.3. The maximum Gasteiger partial charge on any atom is 0.0812 e. The second-order valence-corrected chi connectivity index (χ2v) is 4.65. The van der Waals surface area contributed by atoms with Gasteiger partial charge in [-0.3, -0.25) is 0 Å². The molecule has 0 bridgehead atoms. The number of nitrogens with one attached hydrogen (secondary N) is 1. The van der Waals surface area contributed by atoms with Crippen LogP contribution in [0.3, 0.4) is 0 Å². The highest BCUT2D eigenvalue weighted by molar-refractivity contribution is 5.28. The van der Waals surface area contributed by atoms with Gasteiger partial charge in [0.25, 0.3) is 0 Å². The fourth-order valence-corrected chi connectivity index (χ4v) is 2.39. The molecule has 1 saturated heterocycles. The minimum atomic E-state index is -0.594. The average molecular weight is 220 g/mol. The molecule has 1 aromatic rings. The molecule has 3 heteroatoms.